The van der Waals surface area contributed by atoms with Crippen LogP contribution < -0.4 is 5.32 Å². The molecule has 1 amide bonds. The van der Waals surface area contributed by atoms with Gasteiger partial charge in [0.25, 0.3) is 5.91 Å². The van der Waals surface area contributed by atoms with E-state index in [2.05, 4.69) is 12.2 Å². The molecule has 6 nitrogen and oxygen atoms in total. The largest absolute Gasteiger partial charge is 0.345 e. The molecule has 32 heavy (non-hydrogen) atoms. The van der Waals surface area contributed by atoms with Gasteiger partial charge in [-0.25, -0.2) is 8.42 Å². The van der Waals surface area contributed by atoms with Gasteiger partial charge in [0.2, 0.25) is 10.0 Å². The highest BCUT2D eigenvalue weighted by atomic mass is 35.5. The third-order valence-corrected chi connectivity index (χ3v) is 8.05. The number of benzene rings is 2. The van der Waals surface area contributed by atoms with Crippen molar-refractivity contribution < 1.29 is 18.0 Å². The summed E-state index contributed by atoms with van der Waals surface area (Å²) < 4.78 is 28.8. The first kappa shape index (κ1) is 24.4. The predicted octanol–water partition coefficient (Wildman–Crippen LogP) is 4.43. The maximum Gasteiger partial charge on any atom is 0.251 e. The molecule has 0 spiro atoms. The first-order valence-corrected chi connectivity index (χ1v) is 12.6. The zero-order valence-corrected chi connectivity index (χ0v) is 20.0. The number of carbonyl (C=O) groups excluding carboxylic acids is 2. The monoisotopic (exact) mass is 476 g/mol. The molecule has 2 unspecified atom stereocenters. The molecule has 0 bridgehead atoms. The van der Waals surface area contributed by atoms with E-state index in [4.69, 9.17) is 11.6 Å². The van der Waals surface area contributed by atoms with Gasteiger partial charge in [-0.1, -0.05) is 43.5 Å². The third kappa shape index (κ3) is 5.97. The summed E-state index contributed by atoms with van der Waals surface area (Å²) in [5, 5.41) is 3.05. The van der Waals surface area contributed by atoms with Crippen molar-refractivity contribution in [2.45, 2.75) is 57.0 Å². The van der Waals surface area contributed by atoms with Gasteiger partial charge >= 0.3 is 0 Å². The molecule has 0 saturated heterocycles. The fourth-order valence-corrected chi connectivity index (χ4v) is 5.96. The van der Waals surface area contributed by atoms with E-state index in [9.17, 15) is 18.0 Å². The lowest BCUT2D eigenvalue weighted by Crippen LogP contribution is -2.44. The molecule has 0 heterocycles. The molecule has 2 aromatic carbocycles. The van der Waals surface area contributed by atoms with Crippen LogP contribution in [-0.4, -0.2) is 37.0 Å². The summed E-state index contributed by atoms with van der Waals surface area (Å²) in [6.45, 7) is 3.71. The molecular formula is C24H29ClN2O4S. The predicted molar refractivity (Wildman–Crippen MR) is 125 cm³/mol. The number of sulfonamides is 1. The van der Waals surface area contributed by atoms with Crippen LogP contribution in [-0.2, 0) is 21.4 Å². The lowest BCUT2D eigenvalue weighted by molar-refractivity contribution is -0.116. The summed E-state index contributed by atoms with van der Waals surface area (Å²) in [6.07, 6.45) is 3.92. The van der Waals surface area contributed by atoms with Crippen molar-refractivity contribution in [1.82, 2.24) is 9.62 Å². The molecular weight excluding hydrogens is 448 g/mol. The standard InChI is InChI=1S/C24H29ClN2O4S/c1-17-5-3-4-6-23(17)27(32(30,31)22-13-11-21(25)12-14-22)16-19-7-9-20(10-8-19)24(29)26-15-18(2)28/h7-14,17,23H,3-6,15-16H2,1-2H3,(H,26,29). The second-order valence-corrected chi connectivity index (χ2v) is 10.7. The minimum Gasteiger partial charge on any atom is -0.345 e. The summed E-state index contributed by atoms with van der Waals surface area (Å²) in [6, 6.07) is 13.0. The van der Waals surface area contributed by atoms with E-state index in [-0.39, 0.29) is 41.6 Å². The van der Waals surface area contributed by atoms with E-state index < -0.39 is 10.0 Å². The number of rotatable bonds is 8. The lowest BCUT2D eigenvalue weighted by atomic mass is 9.86. The Labute approximate surface area is 195 Å². The molecule has 3 rings (SSSR count). The molecule has 1 aliphatic rings. The molecule has 2 atom stereocenters. The Kier molecular flexibility index (Phi) is 8.09. The number of amides is 1. The van der Waals surface area contributed by atoms with Gasteiger partial charge in [0.05, 0.1) is 11.4 Å². The Bertz CT molecular complexity index is 1050. The van der Waals surface area contributed by atoms with Crippen LogP contribution >= 0.6 is 11.6 Å². The van der Waals surface area contributed by atoms with Crippen molar-refractivity contribution in [3.63, 3.8) is 0 Å². The number of hydrogen-bond donors (Lipinski definition) is 1. The average Bonchev–Trinajstić information content (AvgIpc) is 2.77. The number of Topliss-reactive ketones (excluding diaryl/α,β-unsaturated/α-hetero) is 1. The van der Waals surface area contributed by atoms with Gasteiger partial charge in [-0.15, -0.1) is 0 Å². The van der Waals surface area contributed by atoms with Crippen LogP contribution in [0.5, 0.6) is 0 Å². The van der Waals surface area contributed by atoms with Gasteiger partial charge < -0.3 is 5.32 Å². The second kappa shape index (κ2) is 10.6. The fraction of sp³-hybridized carbons (Fsp3) is 0.417. The normalized spacial score (nSPS) is 19.0. The van der Waals surface area contributed by atoms with E-state index in [0.29, 0.717) is 10.6 Å². The van der Waals surface area contributed by atoms with Crippen LogP contribution in [0.1, 0.15) is 55.5 Å². The number of nitrogens with zero attached hydrogens (tertiary/aromatic N) is 1. The molecule has 0 aromatic heterocycles. The van der Waals surface area contributed by atoms with Crippen molar-refractivity contribution in [1.29, 1.82) is 0 Å². The van der Waals surface area contributed by atoms with Crippen LogP contribution in [0.4, 0.5) is 0 Å². The minimum absolute atomic E-state index is 0.0206. The van der Waals surface area contributed by atoms with Crippen molar-refractivity contribution in [3.8, 4) is 0 Å². The molecule has 0 radical (unpaired) electrons. The lowest BCUT2D eigenvalue weighted by Gasteiger charge is -2.37. The molecule has 1 saturated carbocycles. The van der Waals surface area contributed by atoms with E-state index >= 15 is 0 Å². The highest BCUT2D eigenvalue weighted by Gasteiger charge is 2.36. The Hall–Kier alpha value is -2.22. The summed E-state index contributed by atoms with van der Waals surface area (Å²) in [5.74, 6) is -0.208. The van der Waals surface area contributed by atoms with Gasteiger partial charge in [-0.3, -0.25) is 9.59 Å². The van der Waals surface area contributed by atoms with Crippen molar-refractivity contribution in [2.75, 3.05) is 6.54 Å². The van der Waals surface area contributed by atoms with E-state index in [1.54, 1.807) is 52.8 Å². The fourth-order valence-electron chi connectivity index (χ4n) is 4.10. The zero-order chi connectivity index (χ0) is 23.3. The smallest absolute Gasteiger partial charge is 0.251 e. The Morgan fingerprint density at radius 1 is 1.03 bits per heavy atom. The number of halogens is 1. The summed E-state index contributed by atoms with van der Waals surface area (Å²) in [4.78, 5) is 23.5. The van der Waals surface area contributed by atoms with E-state index in [1.807, 2.05) is 0 Å². The Balaban J connectivity index is 1.87. The second-order valence-electron chi connectivity index (χ2n) is 8.41. The van der Waals surface area contributed by atoms with Gasteiger partial charge in [-0.2, -0.15) is 4.31 Å². The zero-order valence-electron chi connectivity index (χ0n) is 18.4. The molecule has 172 valence electrons. The Morgan fingerprint density at radius 2 is 1.66 bits per heavy atom. The van der Waals surface area contributed by atoms with Crippen molar-refractivity contribution >= 4 is 33.3 Å². The summed E-state index contributed by atoms with van der Waals surface area (Å²) >= 11 is 5.96. The first-order valence-electron chi connectivity index (χ1n) is 10.8. The van der Waals surface area contributed by atoms with E-state index in [1.165, 1.54) is 6.92 Å². The van der Waals surface area contributed by atoms with Crippen molar-refractivity contribution in [3.05, 3.63) is 64.7 Å². The number of nitrogens with one attached hydrogen (secondary N) is 1. The van der Waals surface area contributed by atoms with Gasteiger partial charge in [-0.05, 0) is 67.6 Å². The highest BCUT2D eigenvalue weighted by Crippen LogP contribution is 2.33. The maximum atomic E-state index is 13.6. The van der Waals surface area contributed by atoms with Crippen molar-refractivity contribution in [2.24, 2.45) is 5.92 Å². The third-order valence-electron chi connectivity index (χ3n) is 5.91. The van der Waals surface area contributed by atoms with Crippen LogP contribution in [0.15, 0.2) is 53.4 Å². The quantitative estimate of drug-likeness (QED) is 0.611. The maximum absolute atomic E-state index is 13.6. The molecule has 8 heteroatoms. The number of ketones is 1. The molecule has 1 fully saturated rings. The van der Waals surface area contributed by atoms with Gasteiger partial charge in [0, 0.05) is 23.2 Å². The van der Waals surface area contributed by atoms with Gasteiger partial charge in [0.15, 0.2) is 0 Å². The van der Waals surface area contributed by atoms with E-state index in [0.717, 1.165) is 31.2 Å². The van der Waals surface area contributed by atoms with Crippen LogP contribution in [0.25, 0.3) is 0 Å². The number of hydrogen-bond acceptors (Lipinski definition) is 4. The molecule has 1 N–H and O–H groups in total. The summed E-state index contributed by atoms with van der Waals surface area (Å²) in [5.41, 5.74) is 1.22. The minimum atomic E-state index is -3.74. The highest BCUT2D eigenvalue weighted by molar-refractivity contribution is 7.89. The molecule has 1 aliphatic carbocycles. The van der Waals surface area contributed by atoms with Crippen LogP contribution in [0, 0.1) is 5.92 Å². The van der Waals surface area contributed by atoms with Crippen LogP contribution in [0.3, 0.4) is 0 Å². The summed E-state index contributed by atoms with van der Waals surface area (Å²) in [7, 11) is -3.74. The molecule has 2 aromatic rings. The SMILES string of the molecule is CC(=O)CNC(=O)c1ccc(CN(C2CCCCC2C)S(=O)(=O)c2ccc(Cl)cc2)cc1. The van der Waals surface area contributed by atoms with Crippen LogP contribution in [0.2, 0.25) is 5.02 Å². The topological polar surface area (TPSA) is 83.6 Å². The van der Waals surface area contributed by atoms with Gasteiger partial charge in [0.1, 0.15) is 5.78 Å². The molecule has 0 aliphatic heterocycles. The average molecular weight is 477 g/mol. The first-order chi connectivity index (χ1) is 15.2. The Morgan fingerprint density at radius 3 is 2.25 bits per heavy atom. The number of carbonyl (C=O) groups is 2.